The van der Waals surface area contributed by atoms with Crippen LogP contribution in [0.15, 0.2) is 0 Å². The summed E-state index contributed by atoms with van der Waals surface area (Å²) in [6.07, 6.45) is 59.5. The van der Waals surface area contributed by atoms with Gasteiger partial charge in [0.1, 0.15) is 13.2 Å². The molecule has 0 heterocycles. The highest BCUT2D eigenvalue weighted by Crippen LogP contribution is 2.19. The minimum absolute atomic E-state index is 0.0623. The average molecular weight is 962 g/mol. The van der Waals surface area contributed by atoms with E-state index in [2.05, 4.69) is 34.6 Å². The monoisotopic (exact) mass is 961 g/mol. The van der Waals surface area contributed by atoms with Crippen LogP contribution in [-0.4, -0.2) is 37.2 Å². The second-order valence-corrected chi connectivity index (χ2v) is 22.1. The molecule has 0 aromatic heterocycles. The molecule has 404 valence electrons. The molecular formula is C62H120O6. The first-order valence-corrected chi connectivity index (χ1v) is 30.8. The van der Waals surface area contributed by atoms with Crippen LogP contribution in [-0.2, 0) is 28.6 Å². The van der Waals surface area contributed by atoms with E-state index < -0.39 is 6.10 Å². The van der Waals surface area contributed by atoms with Crippen LogP contribution >= 0.6 is 0 Å². The Bertz CT molecular complexity index is 1040. The second kappa shape index (κ2) is 54.7. The second-order valence-electron chi connectivity index (χ2n) is 22.1. The average Bonchev–Trinajstić information content (AvgIpc) is 3.32. The third-order valence-electron chi connectivity index (χ3n) is 14.6. The van der Waals surface area contributed by atoms with E-state index in [-0.39, 0.29) is 31.1 Å². The van der Waals surface area contributed by atoms with Crippen molar-refractivity contribution in [1.82, 2.24) is 0 Å². The maximum atomic E-state index is 12.9. The van der Waals surface area contributed by atoms with Crippen molar-refractivity contribution >= 4 is 17.9 Å². The molecule has 2 atom stereocenters. The van der Waals surface area contributed by atoms with Crippen LogP contribution in [0.4, 0.5) is 0 Å². The third-order valence-corrected chi connectivity index (χ3v) is 14.6. The van der Waals surface area contributed by atoms with Gasteiger partial charge in [0.05, 0.1) is 0 Å². The molecule has 1 unspecified atom stereocenters. The lowest BCUT2D eigenvalue weighted by atomic mass is 9.99. The van der Waals surface area contributed by atoms with E-state index in [9.17, 15) is 14.4 Å². The van der Waals surface area contributed by atoms with Gasteiger partial charge in [-0.15, -0.1) is 0 Å². The van der Waals surface area contributed by atoms with Gasteiger partial charge in [-0.1, -0.05) is 311 Å². The molecule has 0 amide bonds. The van der Waals surface area contributed by atoms with E-state index in [0.29, 0.717) is 19.3 Å². The zero-order valence-electron chi connectivity index (χ0n) is 46.7. The minimum Gasteiger partial charge on any atom is -0.462 e. The van der Waals surface area contributed by atoms with Crippen molar-refractivity contribution in [3.05, 3.63) is 0 Å². The van der Waals surface area contributed by atoms with Crippen molar-refractivity contribution in [1.29, 1.82) is 0 Å². The molecule has 6 nitrogen and oxygen atoms in total. The van der Waals surface area contributed by atoms with Crippen molar-refractivity contribution in [3.63, 3.8) is 0 Å². The predicted molar refractivity (Wildman–Crippen MR) is 293 cm³/mol. The van der Waals surface area contributed by atoms with Crippen LogP contribution in [0.3, 0.4) is 0 Å². The number of carbonyl (C=O) groups excluding carboxylic acids is 3. The van der Waals surface area contributed by atoms with E-state index in [1.54, 1.807) is 0 Å². The number of rotatable bonds is 56. The van der Waals surface area contributed by atoms with Crippen LogP contribution < -0.4 is 0 Å². The maximum Gasteiger partial charge on any atom is 0.306 e. The Hall–Kier alpha value is -1.59. The summed E-state index contributed by atoms with van der Waals surface area (Å²) in [5, 5.41) is 0. The van der Waals surface area contributed by atoms with Crippen molar-refractivity contribution in [2.24, 2.45) is 11.8 Å². The zero-order valence-corrected chi connectivity index (χ0v) is 46.7. The zero-order chi connectivity index (χ0) is 49.6. The fourth-order valence-corrected chi connectivity index (χ4v) is 9.55. The Balaban J connectivity index is 4.25. The molecule has 0 N–H and O–H groups in total. The van der Waals surface area contributed by atoms with E-state index in [1.165, 1.54) is 238 Å². The van der Waals surface area contributed by atoms with Crippen LogP contribution in [0, 0.1) is 11.8 Å². The van der Waals surface area contributed by atoms with Crippen LogP contribution in [0.2, 0.25) is 0 Å². The summed E-state index contributed by atoms with van der Waals surface area (Å²) in [7, 11) is 0. The van der Waals surface area contributed by atoms with Crippen molar-refractivity contribution in [2.75, 3.05) is 13.2 Å². The summed E-state index contributed by atoms with van der Waals surface area (Å²) in [4.78, 5) is 38.2. The first-order chi connectivity index (χ1) is 33.3. The molecule has 0 rings (SSSR count). The Morgan fingerprint density at radius 3 is 0.838 bits per heavy atom. The van der Waals surface area contributed by atoms with Gasteiger partial charge >= 0.3 is 17.9 Å². The molecular weight excluding hydrogens is 841 g/mol. The summed E-state index contributed by atoms with van der Waals surface area (Å²) >= 11 is 0. The SMILES string of the molecule is CCCCCCCCCCCCCCCCC(=O)OC[C@H](COC(=O)CCCCCCCCCCCCCC(C)C)OC(=O)CCCCCCCCCCCCCCCCCCCCC(C)CC. The Morgan fingerprint density at radius 2 is 0.559 bits per heavy atom. The molecule has 0 fully saturated rings. The molecule has 0 bridgehead atoms. The summed E-state index contributed by atoms with van der Waals surface area (Å²) < 4.78 is 16.9. The van der Waals surface area contributed by atoms with Gasteiger partial charge in [0.15, 0.2) is 6.10 Å². The van der Waals surface area contributed by atoms with E-state index in [4.69, 9.17) is 14.2 Å². The number of ether oxygens (including phenoxy) is 3. The third kappa shape index (κ3) is 53.8. The van der Waals surface area contributed by atoms with Gasteiger partial charge in [0.2, 0.25) is 0 Å². The largest absolute Gasteiger partial charge is 0.462 e. The molecule has 0 aromatic rings. The summed E-state index contributed by atoms with van der Waals surface area (Å²) in [6, 6.07) is 0. The van der Waals surface area contributed by atoms with E-state index in [1.807, 2.05) is 0 Å². The number of hydrogen-bond donors (Lipinski definition) is 0. The van der Waals surface area contributed by atoms with E-state index >= 15 is 0 Å². The summed E-state index contributed by atoms with van der Waals surface area (Å²) in [5.41, 5.74) is 0. The van der Waals surface area contributed by atoms with Gasteiger partial charge in [-0.2, -0.15) is 0 Å². The molecule has 0 aliphatic rings. The lowest BCUT2D eigenvalue weighted by molar-refractivity contribution is -0.167. The number of esters is 3. The smallest absolute Gasteiger partial charge is 0.306 e. The van der Waals surface area contributed by atoms with Crippen LogP contribution in [0.25, 0.3) is 0 Å². The molecule has 68 heavy (non-hydrogen) atoms. The number of carbonyl (C=O) groups is 3. The van der Waals surface area contributed by atoms with Crippen LogP contribution in [0.5, 0.6) is 0 Å². The molecule has 0 radical (unpaired) electrons. The van der Waals surface area contributed by atoms with Gasteiger partial charge in [-0.3, -0.25) is 14.4 Å². The maximum absolute atomic E-state index is 12.9. The fourth-order valence-electron chi connectivity index (χ4n) is 9.55. The van der Waals surface area contributed by atoms with E-state index in [0.717, 1.165) is 69.6 Å². The van der Waals surface area contributed by atoms with Crippen molar-refractivity contribution in [3.8, 4) is 0 Å². The van der Waals surface area contributed by atoms with Gasteiger partial charge in [-0.05, 0) is 31.1 Å². The molecule has 0 aromatic carbocycles. The van der Waals surface area contributed by atoms with Gasteiger partial charge < -0.3 is 14.2 Å². The molecule has 0 spiro atoms. The summed E-state index contributed by atoms with van der Waals surface area (Å²) in [5.74, 6) is 0.901. The number of unbranched alkanes of at least 4 members (excludes halogenated alkanes) is 40. The molecule has 0 aliphatic carbocycles. The fraction of sp³-hybridized carbons (Fsp3) is 0.952. The Labute approximate surface area is 425 Å². The quantitative estimate of drug-likeness (QED) is 0.0343. The van der Waals surface area contributed by atoms with Gasteiger partial charge in [-0.25, -0.2) is 0 Å². The highest BCUT2D eigenvalue weighted by Gasteiger charge is 2.19. The van der Waals surface area contributed by atoms with Crippen molar-refractivity contribution < 1.29 is 28.6 Å². The van der Waals surface area contributed by atoms with Crippen LogP contribution in [0.1, 0.15) is 349 Å². The van der Waals surface area contributed by atoms with Gasteiger partial charge in [0.25, 0.3) is 0 Å². The molecule has 0 saturated carbocycles. The predicted octanol–water partition coefficient (Wildman–Crippen LogP) is 20.4. The Morgan fingerprint density at radius 1 is 0.309 bits per heavy atom. The number of hydrogen-bond acceptors (Lipinski definition) is 6. The summed E-state index contributed by atoms with van der Waals surface area (Å²) in [6.45, 7) is 11.5. The molecule has 0 aliphatic heterocycles. The first kappa shape index (κ1) is 66.4. The molecule has 0 saturated heterocycles. The van der Waals surface area contributed by atoms with Crippen molar-refractivity contribution in [2.45, 2.75) is 355 Å². The lowest BCUT2D eigenvalue weighted by Gasteiger charge is -2.18. The topological polar surface area (TPSA) is 78.9 Å². The minimum atomic E-state index is -0.763. The highest BCUT2D eigenvalue weighted by atomic mass is 16.6. The van der Waals surface area contributed by atoms with Gasteiger partial charge in [0, 0.05) is 19.3 Å². The standard InChI is InChI=1S/C62H120O6/c1-6-8-9-10-11-12-13-14-22-27-32-37-42-47-52-60(63)66-55-59(56-67-61(64)53-48-43-38-33-29-24-25-30-35-40-45-50-57(3)4)68-62(65)54-49-44-39-34-28-23-20-18-16-15-17-19-21-26-31-36-41-46-51-58(5)7-2/h57-59H,6-56H2,1-5H3/t58?,59-/m1/s1. The first-order valence-electron chi connectivity index (χ1n) is 30.8. The molecule has 6 heteroatoms. The normalized spacial score (nSPS) is 12.4. The Kier molecular flexibility index (Phi) is 53.5. The highest BCUT2D eigenvalue weighted by molar-refractivity contribution is 5.71. The lowest BCUT2D eigenvalue weighted by Crippen LogP contribution is -2.30.